The van der Waals surface area contributed by atoms with Crippen molar-refractivity contribution in [3.63, 3.8) is 0 Å². The molecule has 2 rings (SSSR count). The van der Waals surface area contributed by atoms with Crippen molar-refractivity contribution in [3.05, 3.63) is 0 Å². The number of piperazine rings is 1. The summed E-state index contributed by atoms with van der Waals surface area (Å²) in [6.45, 7) is 8.21. The molecule has 1 saturated carbocycles. The van der Waals surface area contributed by atoms with E-state index in [-0.39, 0.29) is 11.8 Å². The van der Waals surface area contributed by atoms with Crippen LogP contribution in [-0.4, -0.2) is 50.1 Å². The van der Waals surface area contributed by atoms with E-state index in [2.05, 4.69) is 22.5 Å². The normalized spacial score (nSPS) is 24.1. The summed E-state index contributed by atoms with van der Waals surface area (Å²) in [6.07, 6.45) is 2.48. The maximum absolute atomic E-state index is 11.7. The van der Waals surface area contributed by atoms with Gasteiger partial charge in [0.05, 0.1) is 0 Å². The molecule has 0 radical (unpaired) electrons. The minimum atomic E-state index is 0.225. The highest BCUT2D eigenvalue weighted by Crippen LogP contribution is 2.36. The van der Waals surface area contributed by atoms with Gasteiger partial charge in [0, 0.05) is 45.2 Å². The van der Waals surface area contributed by atoms with E-state index in [9.17, 15) is 4.79 Å². The van der Waals surface area contributed by atoms with Crippen LogP contribution < -0.4 is 10.6 Å². The summed E-state index contributed by atoms with van der Waals surface area (Å²) in [4.78, 5) is 14.1. The molecule has 0 aromatic rings. The van der Waals surface area contributed by atoms with E-state index in [4.69, 9.17) is 0 Å². The summed E-state index contributed by atoms with van der Waals surface area (Å²) in [5.41, 5.74) is 0. The number of nitrogens with zero attached hydrogens (tertiary/aromatic N) is 1. The first kappa shape index (κ1) is 11.9. The fraction of sp³-hybridized carbons (Fsp3) is 0.917. The van der Waals surface area contributed by atoms with Gasteiger partial charge >= 0.3 is 0 Å². The molecule has 1 saturated heterocycles. The molecule has 0 aromatic carbocycles. The van der Waals surface area contributed by atoms with E-state index >= 15 is 0 Å². The van der Waals surface area contributed by atoms with Gasteiger partial charge in [0.15, 0.2) is 0 Å². The van der Waals surface area contributed by atoms with Crippen molar-refractivity contribution < 1.29 is 4.79 Å². The molecular weight excluding hydrogens is 202 g/mol. The number of hydrogen-bond donors (Lipinski definition) is 2. The highest BCUT2D eigenvalue weighted by Gasteiger charge is 2.32. The highest BCUT2D eigenvalue weighted by molar-refractivity contribution is 5.78. The molecule has 0 spiro atoms. The largest absolute Gasteiger partial charge is 0.355 e. The molecule has 1 unspecified atom stereocenters. The number of amides is 1. The second-order valence-electron chi connectivity index (χ2n) is 5.01. The number of hydrogen-bond acceptors (Lipinski definition) is 3. The van der Waals surface area contributed by atoms with E-state index in [1.54, 1.807) is 0 Å². The van der Waals surface area contributed by atoms with Crippen LogP contribution in [0.5, 0.6) is 0 Å². The first-order valence-corrected chi connectivity index (χ1v) is 6.48. The fourth-order valence-corrected chi connectivity index (χ4v) is 2.24. The van der Waals surface area contributed by atoms with Crippen molar-refractivity contribution in [1.82, 2.24) is 15.5 Å². The summed E-state index contributed by atoms with van der Waals surface area (Å²) < 4.78 is 0. The molecule has 92 valence electrons. The summed E-state index contributed by atoms with van der Waals surface area (Å²) in [7, 11) is 0. The Bertz CT molecular complexity index is 234. The first-order valence-electron chi connectivity index (χ1n) is 6.48. The molecule has 1 atom stereocenters. The second kappa shape index (κ2) is 5.64. The Hall–Kier alpha value is -0.610. The predicted octanol–water partition coefficient (Wildman–Crippen LogP) is 0.0539. The molecule has 2 aliphatic rings. The minimum absolute atomic E-state index is 0.225. The monoisotopic (exact) mass is 225 g/mol. The van der Waals surface area contributed by atoms with Crippen molar-refractivity contribution >= 4 is 5.91 Å². The highest BCUT2D eigenvalue weighted by atomic mass is 16.1. The third kappa shape index (κ3) is 3.46. The molecule has 1 heterocycles. The second-order valence-corrected chi connectivity index (χ2v) is 5.01. The number of rotatable bonds is 5. The molecule has 0 aromatic heterocycles. The van der Waals surface area contributed by atoms with Gasteiger partial charge in [-0.25, -0.2) is 0 Å². The molecule has 1 aliphatic heterocycles. The van der Waals surface area contributed by atoms with Crippen molar-refractivity contribution in [2.45, 2.75) is 19.8 Å². The SMILES string of the molecule is CC(C(=O)NCCN1CCNCC1)C1CC1. The number of carbonyl (C=O) groups is 1. The van der Waals surface area contributed by atoms with Crippen LogP contribution in [0.4, 0.5) is 0 Å². The minimum Gasteiger partial charge on any atom is -0.355 e. The third-order valence-corrected chi connectivity index (χ3v) is 3.68. The molecule has 4 heteroatoms. The van der Waals surface area contributed by atoms with E-state index in [1.807, 2.05) is 0 Å². The van der Waals surface area contributed by atoms with Crippen LogP contribution >= 0.6 is 0 Å². The molecule has 16 heavy (non-hydrogen) atoms. The van der Waals surface area contributed by atoms with Gasteiger partial charge in [0.1, 0.15) is 0 Å². The van der Waals surface area contributed by atoms with Gasteiger partial charge in [0.25, 0.3) is 0 Å². The molecule has 2 fully saturated rings. The van der Waals surface area contributed by atoms with Crippen LogP contribution in [0.3, 0.4) is 0 Å². The summed E-state index contributed by atoms with van der Waals surface area (Å²) >= 11 is 0. The van der Waals surface area contributed by atoms with Crippen molar-refractivity contribution in [2.24, 2.45) is 11.8 Å². The summed E-state index contributed by atoms with van der Waals surface area (Å²) in [6, 6.07) is 0. The lowest BCUT2D eigenvalue weighted by Gasteiger charge is -2.27. The van der Waals surface area contributed by atoms with Crippen LogP contribution in [0.25, 0.3) is 0 Å². The average Bonchev–Trinajstić information content (AvgIpc) is 3.13. The standard InChI is InChI=1S/C12H23N3O/c1-10(11-2-3-11)12(16)14-6-9-15-7-4-13-5-8-15/h10-11,13H,2-9H2,1H3,(H,14,16). The first-order chi connectivity index (χ1) is 7.77. The topological polar surface area (TPSA) is 44.4 Å². The Labute approximate surface area is 97.8 Å². The van der Waals surface area contributed by atoms with Gasteiger partial charge in [-0.05, 0) is 18.8 Å². The van der Waals surface area contributed by atoms with Crippen LogP contribution in [0.2, 0.25) is 0 Å². The predicted molar refractivity (Wildman–Crippen MR) is 64.2 cm³/mol. The van der Waals surface area contributed by atoms with Gasteiger partial charge in [0.2, 0.25) is 5.91 Å². The van der Waals surface area contributed by atoms with E-state index < -0.39 is 0 Å². The smallest absolute Gasteiger partial charge is 0.223 e. The molecular formula is C12H23N3O. The molecule has 1 aliphatic carbocycles. The molecule has 4 nitrogen and oxygen atoms in total. The Morgan fingerprint density at radius 1 is 1.44 bits per heavy atom. The van der Waals surface area contributed by atoms with Crippen LogP contribution in [-0.2, 0) is 4.79 Å². The van der Waals surface area contributed by atoms with Crippen molar-refractivity contribution in [2.75, 3.05) is 39.3 Å². The Kier molecular flexibility index (Phi) is 4.18. The summed E-state index contributed by atoms with van der Waals surface area (Å²) in [5, 5.41) is 6.38. The van der Waals surface area contributed by atoms with Gasteiger partial charge in [-0.3, -0.25) is 9.69 Å². The quantitative estimate of drug-likeness (QED) is 0.695. The zero-order chi connectivity index (χ0) is 11.4. The average molecular weight is 225 g/mol. The van der Waals surface area contributed by atoms with Crippen LogP contribution in [0.1, 0.15) is 19.8 Å². The van der Waals surface area contributed by atoms with Crippen molar-refractivity contribution in [1.29, 1.82) is 0 Å². The lowest BCUT2D eigenvalue weighted by molar-refractivity contribution is -0.125. The molecule has 1 amide bonds. The third-order valence-electron chi connectivity index (χ3n) is 3.68. The van der Waals surface area contributed by atoms with Gasteiger partial charge in [-0.2, -0.15) is 0 Å². The molecule has 0 bridgehead atoms. The Balaban J connectivity index is 1.57. The maximum atomic E-state index is 11.7. The zero-order valence-electron chi connectivity index (χ0n) is 10.2. The maximum Gasteiger partial charge on any atom is 0.223 e. The van der Waals surface area contributed by atoms with E-state index in [0.717, 1.165) is 39.3 Å². The molecule has 2 N–H and O–H groups in total. The fourth-order valence-electron chi connectivity index (χ4n) is 2.24. The lowest BCUT2D eigenvalue weighted by atomic mass is 10.1. The number of carbonyl (C=O) groups excluding carboxylic acids is 1. The van der Waals surface area contributed by atoms with E-state index in [1.165, 1.54) is 12.8 Å². The van der Waals surface area contributed by atoms with Crippen molar-refractivity contribution in [3.8, 4) is 0 Å². The zero-order valence-corrected chi connectivity index (χ0v) is 10.2. The summed E-state index contributed by atoms with van der Waals surface area (Å²) in [5.74, 6) is 1.14. The van der Waals surface area contributed by atoms with Gasteiger partial charge < -0.3 is 10.6 Å². The van der Waals surface area contributed by atoms with Crippen LogP contribution in [0, 0.1) is 11.8 Å². The van der Waals surface area contributed by atoms with E-state index in [0.29, 0.717) is 5.92 Å². The Morgan fingerprint density at radius 2 is 2.12 bits per heavy atom. The lowest BCUT2D eigenvalue weighted by Crippen LogP contribution is -2.46. The number of nitrogens with one attached hydrogen (secondary N) is 2. The Morgan fingerprint density at radius 3 is 2.75 bits per heavy atom. The van der Waals surface area contributed by atoms with Gasteiger partial charge in [-0.15, -0.1) is 0 Å². The van der Waals surface area contributed by atoms with Crippen LogP contribution in [0.15, 0.2) is 0 Å². The van der Waals surface area contributed by atoms with Gasteiger partial charge in [-0.1, -0.05) is 6.92 Å².